The van der Waals surface area contributed by atoms with Gasteiger partial charge in [0.05, 0.1) is 7.11 Å². The number of benzene rings is 1. The smallest absolute Gasteiger partial charge is 0.303 e. The number of hydrogen-bond acceptors (Lipinski definition) is 3. The van der Waals surface area contributed by atoms with Crippen LogP contribution < -0.4 is 4.74 Å². The van der Waals surface area contributed by atoms with Crippen LogP contribution in [0.1, 0.15) is 31.4 Å². The van der Waals surface area contributed by atoms with Crippen LogP contribution in [0.3, 0.4) is 0 Å². The molecule has 1 aromatic carbocycles. The Hall–Kier alpha value is -1.62. The van der Waals surface area contributed by atoms with E-state index in [1.54, 1.807) is 6.07 Å². The summed E-state index contributed by atoms with van der Waals surface area (Å²) >= 11 is 0. The minimum atomic E-state index is -0.750. The highest BCUT2D eigenvalue weighted by molar-refractivity contribution is 5.67. The molecule has 110 valence electrons. The quantitative estimate of drug-likeness (QED) is 0.901. The van der Waals surface area contributed by atoms with Crippen molar-refractivity contribution < 1.29 is 19.0 Å². The molecule has 2 atom stereocenters. The van der Waals surface area contributed by atoms with Gasteiger partial charge in [0.1, 0.15) is 0 Å². The first kappa shape index (κ1) is 14.8. The molecule has 1 saturated heterocycles. The van der Waals surface area contributed by atoms with Gasteiger partial charge in [-0.05, 0) is 43.5 Å². The van der Waals surface area contributed by atoms with Gasteiger partial charge in [-0.15, -0.1) is 0 Å². The molecule has 1 aliphatic rings. The van der Waals surface area contributed by atoms with Crippen molar-refractivity contribution in [3.05, 3.63) is 29.6 Å². The van der Waals surface area contributed by atoms with E-state index < -0.39 is 5.97 Å². The summed E-state index contributed by atoms with van der Waals surface area (Å²) in [5.74, 6) is -0.678. The van der Waals surface area contributed by atoms with Crippen LogP contribution in [0.25, 0.3) is 0 Å². The number of methoxy groups -OCH3 is 1. The van der Waals surface area contributed by atoms with E-state index in [1.807, 2.05) is 13.0 Å². The first-order valence-electron chi connectivity index (χ1n) is 6.80. The zero-order valence-electron chi connectivity index (χ0n) is 11.8. The number of carbonyl (C=O) groups is 1. The molecule has 1 heterocycles. The molecular weight excluding hydrogens is 261 g/mol. The summed E-state index contributed by atoms with van der Waals surface area (Å²) in [6, 6.07) is 5.06. The molecule has 0 saturated carbocycles. The van der Waals surface area contributed by atoms with Crippen LogP contribution in [0.4, 0.5) is 4.39 Å². The van der Waals surface area contributed by atoms with Crippen molar-refractivity contribution in [2.24, 2.45) is 5.92 Å². The maximum Gasteiger partial charge on any atom is 0.303 e. The summed E-state index contributed by atoms with van der Waals surface area (Å²) in [6.07, 6.45) is 1.09. The lowest BCUT2D eigenvalue weighted by Crippen LogP contribution is -2.25. The van der Waals surface area contributed by atoms with Crippen LogP contribution >= 0.6 is 0 Å². The van der Waals surface area contributed by atoms with E-state index in [2.05, 4.69) is 4.90 Å². The Kier molecular flexibility index (Phi) is 4.60. The Labute approximate surface area is 118 Å². The largest absolute Gasteiger partial charge is 0.494 e. The number of likely N-dealkylation sites (tertiary alicyclic amines) is 1. The fourth-order valence-corrected chi connectivity index (χ4v) is 2.78. The highest BCUT2D eigenvalue weighted by Gasteiger charge is 2.28. The number of carboxylic acid groups (broad SMARTS) is 1. The monoisotopic (exact) mass is 281 g/mol. The summed E-state index contributed by atoms with van der Waals surface area (Å²) in [5.41, 5.74) is 0.888. The molecule has 1 aliphatic heterocycles. The third-order valence-electron chi connectivity index (χ3n) is 3.99. The average molecular weight is 281 g/mol. The van der Waals surface area contributed by atoms with Gasteiger partial charge in [0.25, 0.3) is 0 Å². The summed E-state index contributed by atoms with van der Waals surface area (Å²) in [6.45, 7) is 3.62. The molecule has 0 aromatic heterocycles. The van der Waals surface area contributed by atoms with Crippen LogP contribution in [0.5, 0.6) is 5.75 Å². The van der Waals surface area contributed by atoms with Gasteiger partial charge < -0.3 is 9.84 Å². The van der Waals surface area contributed by atoms with E-state index >= 15 is 0 Å². The second kappa shape index (κ2) is 6.22. The number of ether oxygens (including phenoxy) is 1. The second-order valence-electron chi connectivity index (χ2n) is 5.32. The van der Waals surface area contributed by atoms with E-state index in [0.29, 0.717) is 0 Å². The normalized spacial score (nSPS) is 20.9. The summed E-state index contributed by atoms with van der Waals surface area (Å²) in [4.78, 5) is 12.9. The molecule has 0 bridgehead atoms. The molecule has 4 nitrogen and oxygen atoms in total. The number of aliphatic carboxylic acids is 1. The van der Waals surface area contributed by atoms with Gasteiger partial charge in [0.2, 0.25) is 0 Å². The predicted molar refractivity (Wildman–Crippen MR) is 73.3 cm³/mol. The van der Waals surface area contributed by atoms with Crippen LogP contribution in [-0.2, 0) is 4.79 Å². The van der Waals surface area contributed by atoms with Crippen molar-refractivity contribution >= 4 is 5.97 Å². The van der Waals surface area contributed by atoms with Crippen molar-refractivity contribution in [3.63, 3.8) is 0 Å². The summed E-state index contributed by atoms with van der Waals surface area (Å²) < 4.78 is 18.6. The SMILES string of the molecule is COc1ccc(C(C)N2CCC(CC(=O)O)C2)cc1F. The third-order valence-corrected chi connectivity index (χ3v) is 3.99. The van der Waals surface area contributed by atoms with Crippen LogP contribution in [-0.4, -0.2) is 36.2 Å². The number of rotatable bonds is 5. The molecule has 0 aliphatic carbocycles. The van der Waals surface area contributed by atoms with E-state index in [9.17, 15) is 9.18 Å². The van der Waals surface area contributed by atoms with Gasteiger partial charge in [-0.3, -0.25) is 9.69 Å². The van der Waals surface area contributed by atoms with Crippen molar-refractivity contribution in [2.45, 2.75) is 25.8 Å². The van der Waals surface area contributed by atoms with E-state index in [-0.39, 0.29) is 29.9 Å². The first-order chi connectivity index (χ1) is 9.51. The number of hydrogen-bond donors (Lipinski definition) is 1. The fraction of sp³-hybridized carbons (Fsp3) is 0.533. The highest BCUT2D eigenvalue weighted by Crippen LogP contribution is 2.30. The molecule has 2 unspecified atom stereocenters. The van der Waals surface area contributed by atoms with E-state index in [0.717, 1.165) is 25.1 Å². The Bertz CT molecular complexity index is 492. The van der Waals surface area contributed by atoms with Crippen molar-refractivity contribution in [2.75, 3.05) is 20.2 Å². The van der Waals surface area contributed by atoms with Crippen LogP contribution in [0.15, 0.2) is 18.2 Å². The number of halogens is 1. The van der Waals surface area contributed by atoms with Gasteiger partial charge >= 0.3 is 5.97 Å². The maximum absolute atomic E-state index is 13.7. The highest BCUT2D eigenvalue weighted by atomic mass is 19.1. The molecular formula is C15H20FNO3. The first-order valence-corrected chi connectivity index (χ1v) is 6.80. The Morgan fingerprint density at radius 1 is 1.60 bits per heavy atom. The molecule has 1 fully saturated rings. The van der Waals surface area contributed by atoms with Gasteiger partial charge in [-0.1, -0.05) is 6.07 Å². The van der Waals surface area contributed by atoms with Gasteiger partial charge in [-0.2, -0.15) is 0 Å². The zero-order chi connectivity index (χ0) is 14.7. The third kappa shape index (κ3) is 3.28. The molecule has 5 heteroatoms. The van der Waals surface area contributed by atoms with Crippen LogP contribution in [0, 0.1) is 11.7 Å². The molecule has 0 spiro atoms. The zero-order valence-corrected chi connectivity index (χ0v) is 11.8. The molecule has 1 N–H and O–H groups in total. The van der Waals surface area contributed by atoms with Crippen LogP contribution in [0.2, 0.25) is 0 Å². The van der Waals surface area contributed by atoms with Crippen molar-refractivity contribution in [1.82, 2.24) is 4.90 Å². The van der Waals surface area contributed by atoms with Gasteiger partial charge in [0, 0.05) is 19.0 Å². The molecule has 20 heavy (non-hydrogen) atoms. The number of carboxylic acids is 1. The Balaban J connectivity index is 2.03. The maximum atomic E-state index is 13.7. The second-order valence-corrected chi connectivity index (χ2v) is 5.32. The van der Waals surface area contributed by atoms with Crippen molar-refractivity contribution in [1.29, 1.82) is 0 Å². The lowest BCUT2D eigenvalue weighted by molar-refractivity contribution is -0.138. The fourth-order valence-electron chi connectivity index (χ4n) is 2.78. The Morgan fingerprint density at radius 2 is 2.35 bits per heavy atom. The summed E-state index contributed by atoms with van der Waals surface area (Å²) in [5, 5.41) is 8.83. The lowest BCUT2D eigenvalue weighted by atomic mass is 10.0. The molecule has 0 amide bonds. The lowest BCUT2D eigenvalue weighted by Gasteiger charge is -2.25. The molecule has 1 aromatic rings. The molecule has 0 radical (unpaired) electrons. The average Bonchev–Trinajstić information content (AvgIpc) is 2.85. The van der Waals surface area contributed by atoms with E-state index in [4.69, 9.17) is 9.84 Å². The Morgan fingerprint density at radius 3 is 2.95 bits per heavy atom. The van der Waals surface area contributed by atoms with Gasteiger partial charge in [-0.25, -0.2) is 4.39 Å². The standard InChI is InChI=1S/C15H20FNO3/c1-10(12-3-4-14(20-2)13(16)8-12)17-6-5-11(9-17)7-15(18)19/h3-4,8,10-11H,5-7,9H2,1-2H3,(H,18,19). The topological polar surface area (TPSA) is 49.8 Å². The summed E-state index contributed by atoms with van der Waals surface area (Å²) in [7, 11) is 1.44. The number of nitrogens with zero attached hydrogens (tertiary/aromatic N) is 1. The van der Waals surface area contributed by atoms with E-state index in [1.165, 1.54) is 13.2 Å². The predicted octanol–water partition coefficient (Wildman–Crippen LogP) is 2.69. The van der Waals surface area contributed by atoms with Crippen molar-refractivity contribution in [3.8, 4) is 5.75 Å². The van der Waals surface area contributed by atoms with Gasteiger partial charge in [0.15, 0.2) is 11.6 Å². The molecule has 2 rings (SSSR count). The minimum Gasteiger partial charge on any atom is -0.494 e. The minimum absolute atomic E-state index is 0.0780.